The van der Waals surface area contributed by atoms with Crippen LogP contribution in [0.25, 0.3) is 0 Å². The number of aromatic nitrogens is 2. The Kier molecular flexibility index (Phi) is 3.62. The smallest absolute Gasteiger partial charge is 0.254 e. The van der Waals surface area contributed by atoms with Gasteiger partial charge in [0.15, 0.2) is 17.3 Å². The number of halogens is 3. The number of nitrogens with two attached hydrogens (primary N) is 1. The van der Waals surface area contributed by atoms with Gasteiger partial charge in [-0.2, -0.15) is 0 Å². The lowest BCUT2D eigenvalue weighted by molar-refractivity contribution is 0.0619. The molecule has 28 heavy (non-hydrogen) atoms. The van der Waals surface area contributed by atoms with Gasteiger partial charge >= 0.3 is 0 Å². The minimum absolute atomic E-state index is 0.0952. The monoisotopic (exact) mass is 388 g/mol. The van der Waals surface area contributed by atoms with E-state index in [1.165, 1.54) is 6.07 Å². The Balaban J connectivity index is 1.53. The Labute approximate surface area is 159 Å². The summed E-state index contributed by atoms with van der Waals surface area (Å²) in [6, 6.07) is 4.18. The molecule has 146 valence electrons. The molecule has 1 unspecified atom stereocenters. The standard InChI is InChI=1S/C20H19F3N4O/c21-12-8-25-17(26-9-12)15(7-24)27-10-19(3-4-19)14-5-11(20(23)6-16(20)22)1-2-13(14)18(27)28/h1-2,5,8-9,15-16H,3-4,6-7,10,24H2/t15?,16-,20-/m1/s1. The molecule has 0 saturated heterocycles. The van der Waals surface area contributed by atoms with Gasteiger partial charge in [-0.05, 0) is 30.0 Å². The van der Waals surface area contributed by atoms with E-state index in [1.807, 2.05) is 0 Å². The van der Waals surface area contributed by atoms with Crippen LogP contribution >= 0.6 is 0 Å². The van der Waals surface area contributed by atoms with Gasteiger partial charge in [-0.15, -0.1) is 0 Å². The molecule has 1 amide bonds. The fourth-order valence-electron chi connectivity index (χ4n) is 4.26. The number of carbonyl (C=O) groups excluding carboxylic acids is 1. The maximum atomic E-state index is 14.5. The van der Waals surface area contributed by atoms with Crippen molar-refractivity contribution in [1.29, 1.82) is 0 Å². The zero-order valence-electron chi connectivity index (χ0n) is 15.0. The first-order chi connectivity index (χ1) is 13.4. The van der Waals surface area contributed by atoms with Crippen molar-refractivity contribution in [3.63, 3.8) is 0 Å². The molecule has 2 aliphatic carbocycles. The summed E-state index contributed by atoms with van der Waals surface area (Å²) in [5, 5.41) is 0. The second-order valence-corrected chi connectivity index (χ2v) is 8.02. The SMILES string of the molecule is NCC(c1ncc(F)cn1)N1CC2(CC2)c2cc([C@]3(F)C[C@H]3F)ccc2C1=O. The molecule has 2 N–H and O–H groups in total. The van der Waals surface area contributed by atoms with E-state index in [0.717, 1.165) is 30.8 Å². The molecule has 1 spiro atoms. The third-order valence-corrected chi connectivity index (χ3v) is 6.24. The Morgan fingerprint density at radius 2 is 1.96 bits per heavy atom. The van der Waals surface area contributed by atoms with Crippen LogP contribution in [-0.2, 0) is 11.1 Å². The average Bonchev–Trinajstić information content (AvgIpc) is 3.60. The average molecular weight is 388 g/mol. The van der Waals surface area contributed by atoms with E-state index in [4.69, 9.17) is 5.73 Å². The molecule has 5 nitrogen and oxygen atoms in total. The summed E-state index contributed by atoms with van der Waals surface area (Å²) in [6.45, 7) is 0.501. The summed E-state index contributed by atoms with van der Waals surface area (Å²) < 4.78 is 41.2. The number of hydrogen-bond donors (Lipinski definition) is 1. The van der Waals surface area contributed by atoms with Crippen LogP contribution < -0.4 is 5.73 Å². The van der Waals surface area contributed by atoms with Gasteiger partial charge in [-0.25, -0.2) is 23.1 Å². The van der Waals surface area contributed by atoms with Crippen molar-refractivity contribution in [3.8, 4) is 0 Å². The van der Waals surface area contributed by atoms with Gasteiger partial charge in [0, 0.05) is 30.5 Å². The van der Waals surface area contributed by atoms with Crippen LogP contribution in [0.5, 0.6) is 0 Å². The second kappa shape index (κ2) is 5.76. The minimum Gasteiger partial charge on any atom is -0.328 e. The fraction of sp³-hybridized carbons (Fsp3) is 0.450. The van der Waals surface area contributed by atoms with Gasteiger partial charge < -0.3 is 10.6 Å². The molecule has 1 aromatic heterocycles. The van der Waals surface area contributed by atoms with E-state index in [1.54, 1.807) is 17.0 Å². The minimum atomic E-state index is -1.92. The molecule has 8 heteroatoms. The van der Waals surface area contributed by atoms with Crippen LogP contribution in [0.3, 0.4) is 0 Å². The van der Waals surface area contributed by atoms with Crippen molar-refractivity contribution in [3.05, 3.63) is 58.9 Å². The van der Waals surface area contributed by atoms with Gasteiger partial charge in [-0.3, -0.25) is 4.79 Å². The molecule has 3 aliphatic rings. The molecular weight excluding hydrogens is 369 g/mol. The quantitative estimate of drug-likeness (QED) is 0.874. The highest BCUT2D eigenvalue weighted by Crippen LogP contribution is 2.57. The Hall–Kier alpha value is -2.48. The number of nitrogens with zero attached hydrogens (tertiary/aromatic N) is 3. The number of rotatable bonds is 4. The van der Waals surface area contributed by atoms with Crippen molar-refractivity contribution in [2.45, 2.75) is 42.6 Å². The van der Waals surface area contributed by atoms with E-state index in [-0.39, 0.29) is 30.1 Å². The summed E-state index contributed by atoms with van der Waals surface area (Å²) in [5.41, 5.74) is 5.29. The van der Waals surface area contributed by atoms with Crippen molar-refractivity contribution in [1.82, 2.24) is 14.9 Å². The van der Waals surface area contributed by atoms with Gasteiger partial charge in [0.2, 0.25) is 0 Å². The van der Waals surface area contributed by atoms with Crippen LogP contribution in [0.1, 0.15) is 52.6 Å². The zero-order valence-corrected chi connectivity index (χ0v) is 15.0. The van der Waals surface area contributed by atoms with Crippen LogP contribution in [0.15, 0.2) is 30.6 Å². The number of alkyl halides is 2. The van der Waals surface area contributed by atoms with E-state index >= 15 is 0 Å². The molecule has 1 aromatic carbocycles. The molecule has 3 atom stereocenters. The van der Waals surface area contributed by atoms with E-state index < -0.39 is 23.7 Å². The van der Waals surface area contributed by atoms with E-state index in [0.29, 0.717) is 17.7 Å². The number of carbonyl (C=O) groups is 1. The van der Waals surface area contributed by atoms with Crippen LogP contribution in [0, 0.1) is 5.82 Å². The van der Waals surface area contributed by atoms with Gasteiger partial charge in [0.05, 0.1) is 12.4 Å². The number of amides is 1. The van der Waals surface area contributed by atoms with Crippen molar-refractivity contribution in [2.75, 3.05) is 13.1 Å². The van der Waals surface area contributed by atoms with Crippen LogP contribution in [0.4, 0.5) is 13.2 Å². The highest BCUT2D eigenvalue weighted by atomic mass is 19.2. The van der Waals surface area contributed by atoms with E-state index in [9.17, 15) is 18.0 Å². The maximum Gasteiger partial charge on any atom is 0.254 e. The zero-order chi connectivity index (χ0) is 19.7. The first-order valence-electron chi connectivity index (χ1n) is 9.34. The summed E-state index contributed by atoms with van der Waals surface area (Å²) in [5.74, 6) is -0.524. The summed E-state index contributed by atoms with van der Waals surface area (Å²) >= 11 is 0. The number of fused-ring (bicyclic) bond motifs is 2. The number of benzene rings is 1. The predicted octanol–water partition coefficient (Wildman–Crippen LogP) is 2.71. The normalized spacial score (nSPS) is 28.2. The topological polar surface area (TPSA) is 72.1 Å². The lowest BCUT2D eigenvalue weighted by atomic mass is 9.83. The van der Waals surface area contributed by atoms with Crippen molar-refractivity contribution in [2.24, 2.45) is 5.73 Å². The fourth-order valence-corrected chi connectivity index (χ4v) is 4.26. The second-order valence-electron chi connectivity index (χ2n) is 8.02. The summed E-state index contributed by atoms with van der Waals surface area (Å²) in [7, 11) is 0. The first kappa shape index (κ1) is 17.6. The third kappa shape index (κ3) is 2.47. The Bertz CT molecular complexity index is 962. The highest BCUT2D eigenvalue weighted by molar-refractivity contribution is 5.98. The predicted molar refractivity (Wildman–Crippen MR) is 94.5 cm³/mol. The maximum absolute atomic E-state index is 14.5. The molecular formula is C20H19F3N4O. The Morgan fingerprint density at radius 3 is 2.54 bits per heavy atom. The lowest BCUT2D eigenvalue weighted by Crippen LogP contribution is -2.47. The Morgan fingerprint density at radius 1 is 1.29 bits per heavy atom. The highest BCUT2D eigenvalue weighted by Gasteiger charge is 2.59. The first-order valence-corrected chi connectivity index (χ1v) is 9.34. The van der Waals surface area contributed by atoms with Gasteiger partial charge in [0.25, 0.3) is 5.91 Å². The molecule has 2 aromatic rings. The third-order valence-electron chi connectivity index (χ3n) is 6.24. The molecule has 2 fully saturated rings. The van der Waals surface area contributed by atoms with Crippen LogP contribution in [-0.4, -0.2) is 40.0 Å². The van der Waals surface area contributed by atoms with Crippen LogP contribution in [0.2, 0.25) is 0 Å². The largest absolute Gasteiger partial charge is 0.328 e. The van der Waals surface area contributed by atoms with Crippen molar-refractivity contribution >= 4 is 5.91 Å². The molecule has 1 aliphatic heterocycles. The number of hydrogen-bond acceptors (Lipinski definition) is 4. The van der Waals surface area contributed by atoms with Crippen molar-refractivity contribution < 1.29 is 18.0 Å². The molecule has 5 rings (SSSR count). The lowest BCUT2D eigenvalue weighted by Gasteiger charge is -2.39. The van der Waals surface area contributed by atoms with Gasteiger partial charge in [0.1, 0.15) is 12.2 Å². The molecule has 0 radical (unpaired) electrons. The molecule has 2 heterocycles. The molecule has 2 saturated carbocycles. The van der Waals surface area contributed by atoms with Gasteiger partial charge in [-0.1, -0.05) is 12.1 Å². The molecule has 0 bridgehead atoms. The van der Waals surface area contributed by atoms with E-state index in [2.05, 4.69) is 9.97 Å². The summed E-state index contributed by atoms with van der Waals surface area (Å²) in [6.07, 6.45) is 2.21. The summed E-state index contributed by atoms with van der Waals surface area (Å²) in [4.78, 5) is 22.8.